The van der Waals surface area contributed by atoms with E-state index in [-0.39, 0.29) is 11.5 Å². The maximum atomic E-state index is 8.66. The van der Waals surface area contributed by atoms with Gasteiger partial charge in [-0.15, -0.1) is 11.6 Å². The van der Waals surface area contributed by atoms with Crippen LogP contribution in [-0.4, -0.2) is 24.0 Å². The predicted molar refractivity (Wildman–Crippen MR) is 71.2 cm³/mol. The molecule has 0 saturated carbocycles. The molecule has 18 heavy (non-hydrogen) atoms. The van der Waals surface area contributed by atoms with Crippen LogP contribution in [0.1, 0.15) is 0 Å². The fraction of sp³-hybridized carbons (Fsp3) is 0.182. The zero-order valence-corrected chi connectivity index (χ0v) is 10.2. The van der Waals surface area contributed by atoms with E-state index in [2.05, 4.69) is 10.5 Å². The van der Waals surface area contributed by atoms with Crippen LogP contribution in [0, 0.1) is 16.7 Å². The standard InChI is InChI=1S/C11H12ClN5O/c12-4-5-18-9-3-1-2-8(6-9)16-17-10(7-13)11(14)15/h1-3,6,16H,4-5H2,(H3,14,15)/b17-10+. The molecule has 0 heterocycles. The molecule has 0 fully saturated rings. The highest BCUT2D eigenvalue weighted by molar-refractivity contribution is 6.45. The number of amidine groups is 1. The number of nitrogens with one attached hydrogen (secondary N) is 2. The van der Waals surface area contributed by atoms with E-state index < -0.39 is 0 Å². The third-order valence-corrected chi connectivity index (χ3v) is 1.99. The van der Waals surface area contributed by atoms with Crippen molar-refractivity contribution in [1.82, 2.24) is 0 Å². The molecule has 0 amide bonds. The van der Waals surface area contributed by atoms with Crippen molar-refractivity contribution in [3.63, 3.8) is 0 Å². The Labute approximate surface area is 110 Å². The molecule has 0 aliphatic heterocycles. The first-order chi connectivity index (χ1) is 8.67. The molecule has 1 aromatic rings. The van der Waals surface area contributed by atoms with Gasteiger partial charge in [0.05, 0.1) is 11.6 Å². The lowest BCUT2D eigenvalue weighted by molar-refractivity contribution is 0.343. The third-order valence-electron chi connectivity index (χ3n) is 1.84. The van der Waals surface area contributed by atoms with Gasteiger partial charge in [-0.1, -0.05) is 6.07 Å². The number of hydrogen-bond acceptors (Lipinski definition) is 5. The van der Waals surface area contributed by atoms with E-state index in [9.17, 15) is 0 Å². The van der Waals surface area contributed by atoms with Crippen molar-refractivity contribution in [1.29, 1.82) is 10.7 Å². The first kappa shape index (κ1) is 13.8. The van der Waals surface area contributed by atoms with Gasteiger partial charge in [-0.05, 0) is 12.1 Å². The van der Waals surface area contributed by atoms with Gasteiger partial charge in [0.2, 0.25) is 5.71 Å². The molecule has 0 aliphatic carbocycles. The Morgan fingerprint density at radius 2 is 2.39 bits per heavy atom. The number of nitrogens with two attached hydrogens (primary N) is 1. The summed E-state index contributed by atoms with van der Waals surface area (Å²) in [6, 6.07) is 8.69. The molecule has 1 aromatic carbocycles. The van der Waals surface area contributed by atoms with E-state index >= 15 is 0 Å². The van der Waals surface area contributed by atoms with Crippen LogP contribution in [0.2, 0.25) is 0 Å². The molecule has 1 rings (SSSR count). The monoisotopic (exact) mass is 265 g/mol. The van der Waals surface area contributed by atoms with Gasteiger partial charge >= 0.3 is 0 Å². The molecule has 0 bridgehead atoms. The number of rotatable bonds is 6. The van der Waals surface area contributed by atoms with Crippen molar-refractivity contribution in [3.05, 3.63) is 24.3 Å². The Bertz CT molecular complexity index is 494. The van der Waals surface area contributed by atoms with Crippen molar-refractivity contribution >= 4 is 28.8 Å². The second-order valence-corrected chi connectivity index (χ2v) is 3.54. The highest BCUT2D eigenvalue weighted by Crippen LogP contribution is 2.17. The molecule has 0 atom stereocenters. The Morgan fingerprint density at radius 3 is 3.00 bits per heavy atom. The quantitative estimate of drug-likeness (QED) is 0.314. The SMILES string of the molecule is N#C/C(=N\Nc1cccc(OCCCl)c1)C(=N)N. The highest BCUT2D eigenvalue weighted by Gasteiger charge is 2.01. The Hall–Kier alpha value is -2.26. The van der Waals surface area contributed by atoms with E-state index in [1.54, 1.807) is 30.3 Å². The van der Waals surface area contributed by atoms with Gasteiger partial charge in [-0.3, -0.25) is 10.8 Å². The van der Waals surface area contributed by atoms with Gasteiger partial charge in [0, 0.05) is 6.07 Å². The summed E-state index contributed by atoms with van der Waals surface area (Å²) in [7, 11) is 0. The van der Waals surface area contributed by atoms with Crippen LogP contribution in [0.3, 0.4) is 0 Å². The lowest BCUT2D eigenvalue weighted by Gasteiger charge is -2.06. The van der Waals surface area contributed by atoms with Crippen LogP contribution >= 0.6 is 11.6 Å². The van der Waals surface area contributed by atoms with Crippen molar-refractivity contribution in [2.75, 3.05) is 17.9 Å². The van der Waals surface area contributed by atoms with Crippen LogP contribution in [-0.2, 0) is 0 Å². The summed E-state index contributed by atoms with van der Waals surface area (Å²) >= 11 is 5.51. The molecule has 7 heteroatoms. The topological polar surface area (TPSA) is 107 Å². The number of nitrogens with zero attached hydrogens (tertiary/aromatic N) is 2. The van der Waals surface area contributed by atoms with E-state index in [1.807, 2.05) is 0 Å². The maximum absolute atomic E-state index is 8.66. The molecule has 0 spiro atoms. The van der Waals surface area contributed by atoms with Crippen molar-refractivity contribution < 1.29 is 4.74 Å². The van der Waals surface area contributed by atoms with E-state index in [4.69, 9.17) is 32.7 Å². The minimum Gasteiger partial charge on any atom is -0.492 e. The van der Waals surface area contributed by atoms with Crippen molar-refractivity contribution in [2.45, 2.75) is 0 Å². The van der Waals surface area contributed by atoms with Gasteiger partial charge in [0.25, 0.3) is 0 Å². The number of benzene rings is 1. The molecule has 0 radical (unpaired) electrons. The Balaban J connectivity index is 2.73. The number of halogens is 1. The summed E-state index contributed by atoms with van der Waals surface area (Å²) in [5, 5.41) is 19.5. The molecule has 0 unspecified atom stereocenters. The first-order valence-corrected chi connectivity index (χ1v) is 5.58. The Kier molecular flexibility index (Phi) is 5.48. The average Bonchev–Trinajstić information content (AvgIpc) is 2.37. The smallest absolute Gasteiger partial charge is 0.201 e. The van der Waals surface area contributed by atoms with Crippen LogP contribution < -0.4 is 15.9 Å². The summed E-state index contributed by atoms with van der Waals surface area (Å²) in [5.74, 6) is 0.648. The number of anilines is 1. The van der Waals surface area contributed by atoms with Crippen LogP contribution in [0.25, 0.3) is 0 Å². The summed E-state index contributed by atoms with van der Waals surface area (Å²) in [4.78, 5) is 0. The molecular weight excluding hydrogens is 254 g/mol. The maximum Gasteiger partial charge on any atom is 0.201 e. The molecule has 0 aromatic heterocycles. The molecule has 0 saturated heterocycles. The molecule has 6 nitrogen and oxygen atoms in total. The third kappa shape index (κ3) is 4.31. The zero-order valence-electron chi connectivity index (χ0n) is 9.48. The number of hydrazone groups is 1. The summed E-state index contributed by atoms with van der Waals surface area (Å²) < 4.78 is 5.32. The second-order valence-electron chi connectivity index (χ2n) is 3.16. The summed E-state index contributed by atoms with van der Waals surface area (Å²) in [6.45, 7) is 0.408. The van der Waals surface area contributed by atoms with Crippen LogP contribution in [0.4, 0.5) is 5.69 Å². The predicted octanol–water partition coefficient (Wildman–Crippen LogP) is 1.53. The number of hydrogen-bond donors (Lipinski definition) is 3. The highest BCUT2D eigenvalue weighted by atomic mass is 35.5. The van der Waals surface area contributed by atoms with Gasteiger partial charge in [-0.2, -0.15) is 10.4 Å². The minimum absolute atomic E-state index is 0.179. The minimum atomic E-state index is -0.389. The van der Waals surface area contributed by atoms with Gasteiger partial charge in [0.1, 0.15) is 18.4 Å². The van der Waals surface area contributed by atoms with E-state index in [1.165, 1.54) is 0 Å². The summed E-state index contributed by atoms with van der Waals surface area (Å²) in [6.07, 6.45) is 0. The van der Waals surface area contributed by atoms with Gasteiger partial charge in [0.15, 0.2) is 5.84 Å². The van der Waals surface area contributed by atoms with Crippen LogP contribution in [0.15, 0.2) is 29.4 Å². The van der Waals surface area contributed by atoms with Crippen molar-refractivity contribution in [2.24, 2.45) is 10.8 Å². The Morgan fingerprint density at radius 1 is 1.61 bits per heavy atom. The van der Waals surface area contributed by atoms with E-state index in [0.29, 0.717) is 23.9 Å². The molecule has 94 valence electrons. The average molecular weight is 266 g/mol. The number of nitriles is 1. The zero-order chi connectivity index (χ0) is 13.4. The molecular formula is C11H12ClN5O. The van der Waals surface area contributed by atoms with Crippen molar-refractivity contribution in [3.8, 4) is 11.8 Å². The lowest BCUT2D eigenvalue weighted by Crippen LogP contribution is -2.21. The van der Waals surface area contributed by atoms with Gasteiger partial charge < -0.3 is 10.5 Å². The first-order valence-electron chi connectivity index (χ1n) is 5.04. The van der Waals surface area contributed by atoms with Gasteiger partial charge in [-0.25, -0.2) is 0 Å². The fourth-order valence-electron chi connectivity index (χ4n) is 1.08. The number of alkyl halides is 1. The largest absolute Gasteiger partial charge is 0.492 e. The van der Waals surface area contributed by atoms with Crippen LogP contribution in [0.5, 0.6) is 5.75 Å². The summed E-state index contributed by atoms with van der Waals surface area (Å²) in [5.41, 5.74) is 8.23. The fourth-order valence-corrected chi connectivity index (χ4v) is 1.15. The second kappa shape index (κ2) is 7.14. The van der Waals surface area contributed by atoms with E-state index in [0.717, 1.165) is 0 Å². The number of ether oxygens (including phenoxy) is 1. The normalized spacial score (nSPS) is 10.6. The molecule has 0 aliphatic rings. The lowest BCUT2D eigenvalue weighted by atomic mass is 10.3. The molecule has 4 N–H and O–H groups in total.